The van der Waals surface area contributed by atoms with Crippen molar-refractivity contribution in [1.82, 2.24) is 0 Å². The van der Waals surface area contributed by atoms with Crippen LogP contribution in [-0.4, -0.2) is 11.4 Å². The molecule has 1 saturated carbocycles. The van der Waals surface area contributed by atoms with Crippen LogP contribution in [-0.2, 0) is 58.6 Å². The number of rotatable bonds is 0. The van der Waals surface area contributed by atoms with Crippen LogP contribution in [0.2, 0.25) is 0 Å². The van der Waals surface area contributed by atoms with Gasteiger partial charge in [0.05, 0.1) is 5.91 Å². The van der Waals surface area contributed by atoms with Crippen LogP contribution in [0.1, 0.15) is 47.5 Å². The third-order valence-electron chi connectivity index (χ3n) is 5.22. The molecule has 0 N–H and O–H groups in total. The zero-order chi connectivity index (χ0) is 11.4. The molecule has 1 radical (unpaired) electrons. The van der Waals surface area contributed by atoms with Gasteiger partial charge < -0.3 is 10.1 Å². The largest absolute Gasteiger partial charge is 0.647 e. The molecule has 4 unspecified atom stereocenters. The molecule has 0 aromatic heterocycles. The van der Waals surface area contributed by atoms with Crippen molar-refractivity contribution in [2.45, 2.75) is 53.0 Å². The molecule has 95 valence electrons. The van der Waals surface area contributed by atoms with Crippen LogP contribution in [0.5, 0.6) is 0 Å². The van der Waals surface area contributed by atoms with Crippen molar-refractivity contribution in [3.8, 4) is 0 Å². The third kappa shape index (κ3) is 2.75. The average molecular weight is 481 g/mol. The maximum Gasteiger partial charge on any atom is 0.0506 e. The first kappa shape index (κ1) is 18.3. The molecule has 0 bridgehead atoms. The van der Waals surface area contributed by atoms with Crippen molar-refractivity contribution in [2.75, 3.05) is 0 Å². The van der Waals surface area contributed by atoms with Crippen LogP contribution in [0.4, 0.5) is 0 Å². The molecule has 0 aromatic carbocycles. The third-order valence-corrected chi connectivity index (χ3v) is 5.22. The summed E-state index contributed by atoms with van der Waals surface area (Å²) in [6.45, 7) is 11.5. The smallest absolute Gasteiger partial charge is 0.0506 e. The molecule has 1 amide bonds. The molecule has 4 heteroatoms. The molecule has 4 atom stereocenters. The second-order valence-corrected chi connectivity index (χ2v) is 6.34. The van der Waals surface area contributed by atoms with Gasteiger partial charge in [0.2, 0.25) is 0 Å². The molecule has 1 aliphatic heterocycles. The zero-order valence-corrected chi connectivity index (χ0v) is 17.3. The maximum absolute atomic E-state index is 11.2. The summed E-state index contributed by atoms with van der Waals surface area (Å²) in [6.07, 6.45) is 1.88. The molecule has 2 aliphatic rings. The summed E-state index contributed by atoms with van der Waals surface area (Å²) < 4.78 is 0. The van der Waals surface area contributed by atoms with Gasteiger partial charge in [-0.25, -0.2) is 0 Å². The predicted octanol–water partition coefficient (Wildman–Crippen LogP) is 3.36. The molecule has 1 spiro atoms. The molecule has 1 aliphatic carbocycles. The Kier molecular flexibility index (Phi) is 6.14. The van der Waals surface area contributed by atoms with Crippen molar-refractivity contribution in [1.29, 1.82) is 0 Å². The number of amides is 1. The van der Waals surface area contributed by atoms with E-state index in [-0.39, 0.29) is 65.2 Å². The van der Waals surface area contributed by atoms with Gasteiger partial charge in [0.1, 0.15) is 0 Å². The summed E-state index contributed by atoms with van der Waals surface area (Å²) >= 11 is 0. The SMILES string of the molecule is CC1C(C)C2(CC(=O)[N-]2)C(C)CC1(C)C.[W].[Y]. The first-order chi connectivity index (χ1) is 6.79. The second kappa shape index (κ2) is 5.72. The van der Waals surface area contributed by atoms with Crippen LogP contribution in [0.15, 0.2) is 0 Å². The summed E-state index contributed by atoms with van der Waals surface area (Å²) in [5, 5.41) is 4.35. The van der Waals surface area contributed by atoms with Crippen molar-refractivity contribution in [3.05, 3.63) is 5.32 Å². The molecule has 2 rings (SSSR count). The normalized spacial score (nSPS) is 42.9. The van der Waals surface area contributed by atoms with Crippen molar-refractivity contribution >= 4 is 5.91 Å². The van der Waals surface area contributed by atoms with Crippen LogP contribution in [0.3, 0.4) is 0 Å². The molecule has 2 nitrogen and oxygen atoms in total. The summed E-state index contributed by atoms with van der Waals surface area (Å²) in [7, 11) is 0. The molecule has 1 saturated heterocycles. The van der Waals surface area contributed by atoms with E-state index in [1.807, 2.05) is 0 Å². The number of β-lactam (4-membered cyclic amide) rings is 1. The summed E-state index contributed by atoms with van der Waals surface area (Å²) in [6, 6.07) is 0. The topological polar surface area (TPSA) is 31.2 Å². The Balaban J connectivity index is 0.00000128. The Labute approximate surface area is 145 Å². The fourth-order valence-corrected chi connectivity index (χ4v) is 3.72. The van der Waals surface area contributed by atoms with Crippen LogP contribution < -0.4 is 0 Å². The quantitative estimate of drug-likeness (QED) is 0.489. The van der Waals surface area contributed by atoms with Gasteiger partial charge in [0, 0.05) is 53.8 Å². The van der Waals surface area contributed by atoms with E-state index in [1.54, 1.807) is 0 Å². The van der Waals surface area contributed by atoms with E-state index in [0.717, 1.165) is 0 Å². The van der Waals surface area contributed by atoms with E-state index in [1.165, 1.54) is 6.42 Å². The Morgan fingerprint density at radius 3 is 2.06 bits per heavy atom. The van der Waals surface area contributed by atoms with Crippen molar-refractivity contribution in [2.24, 2.45) is 23.2 Å². The molecule has 0 aromatic rings. The monoisotopic (exact) mass is 481 g/mol. The van der Waals surface area contributed by atoms with E-state index >= 15 is 0 Å². The number of hydrogen-bond donors (Lipinski definition) is 0. The van der Waals surface area contributed by atoms with E-state index in [4.69, 9.17) is 0 Å². The van der Waals surface area contributed by atoms with Gasteiger partial charge in [-0.15, -0.1) is 0 Å². The van der Waals surface area contributed by atoms with Crippen molar-refractivity contribution < 1.29 is 58.6 Å². The van der Waals surface area contributed by atoms with Gasteiger partial charge in [0.15, 0.2) is 0 Å². The van der Waals surface area contributed by atoms with Gasteiger partial charge in [-0.1, -0.05) is 52.0 Å². The van der Waals surface area contributed by atoms with Gasteiger partial charge in [0.25, 0.3) is 0 Å². The van der Waals surface area contributed by atoms with E-state index < -0.39 is 0 Å². The fraction of sp³-hybridized carbons (Fsp3) is 0.923. The zero-order valence-electron chi connectivity index (χ0n) is 11.5. The summed E-state index contributed by atoms with van der Waals surface area (Å²) in [5.41, 5.74) is 0.379. The van der Waals surface area contributed by atoms with Gasteiger partial charge in [-0.05, 0) is 24.2 Å². The van der Waals surface area contributed by atoms with Gasteiger partial charge in [-0.2, -0.15) is 0 Å². The first-order valence-electron chi connectivity index (χ1n) is 6.05. The van der Waals surface area contributed by atoms with Gasteiger partial charge >= 0.3 is 0 Å². The van der Waals surface area contributed by atoms with Crippen molar-refractivity contribution in [3.63, 3.8) is 0 Å². The molecular formula is C13H22NOWY-. The summed E-state index contributed by atoms with van der Waals surface area (Å²) in [5.74, 6) is 1.84. The number of hydrogen-bond acceptors (Lipinski definition) is 1. The molecule has 17 heavy (non-hydrogen) atoms. The first-order valence-corrected chi connectivity index (χ1v) is 6.05. The number of carbonyl (C=O) groups excluding carboxylic acids is 1. The fourth-order valence-electron chi connectivity index (χ4n) is 3.72. The number of carbonyl (C=O) groups is 1. The Morgan fingerprint density at radius 1 is 1.18 bits per heavy atom. The van der Waals surface area contributed by atoms with E-state index in [9.17, 15) is 4.79 Å². The second-order valence-electron chi connectivity index (χ2n) is 6.34. The Bertz CT molecular complexity index is 298. The Hall–Kier alpha value is 1.26. The molecule has 2 fully saturated rings. The number of nitrogens with zero attached hydrogens (tertiary/aromatic N) is 1. The summed E-state index contributed by atoms with van der Waals surface area (Å²) in [4.78, 5) is 11.2. The van der Waals surface area contributed by atoms with Gasteiger partial charge in [-0.3, -0.25) is 0 Å². The predicted molar refractivity (Wildman–Crippen MR) is 61.6 cm³/mol. The standard InChI is InChI=1S/C13H23NO.W.Y/c1-8-6-12(4,5)9(2)10(3)13(8)7-11(15)14-13;;/h8-10H,6-7H2,1-5H3,(H,14,15);;/p-1. The maximum atomic E-state index is 11.2. The van der Waals surface area contributed by atoms with Crippen LogP contribution in [0.25, 0.3) is 5.32 Å². The van der Waals surface area contributed by atoms with E-state index in [0.29, 0.717) is 29.6 Å². The molecular weight excluding hydrogens is 459 g/mol. The van der Waals surface area contributed by atoms with Crippen LogP contribution in [0, 0.1) is 23.2 Å². The average Bonchev–Trinajstić information content (AvgIpc) is 2.07. The minimum atomic E-state index is -0.00792. The minimum Gasteiger partial charge on any atom is -0.647 e. The molecule has 1 heterocycles. The van der Waals surface area contributed by atoms with E-state index in [2.05, 4.69) is 39.9 Å². The Morgan fingerprint density at radius 2 is 1.65 bits per heavy atom. The van der Waals surface area contributed by atoms with Crippen LogP contribution >= 0.6 is 0 Å². The minimum absolute atomic E-state index is 0.